The van der Waals surface area contributed by atoms with Crippen LogP contribution in [0.5, 0.6) is 0 Å². The lowest BCUT2D eigenvalue weighted by atomic mass is 9.85. The normalized spacial score (nSPS) is 20.6. The van der Waals surface area contributed by atoms with Crippen LogP contribution in [0.3, 0.4) is 0 Å². The Labute approximate surface area is 161 Å². The van der Waals surface area contributed by atoms with Gasteiger partial charge in [-0.25, -0.2) is 17.9 Å². The first-order chi connectivity index (χ1) is 13.0. The van der Waals surface area contributed by atoms with E-state index in [4.69, 9.17) is 9.90 Å². The maximum absolute atomic E-state index is 11.2. The highest BCUT2D eigenvalue weighted by atomic mass is 32.2. The van der Waals surface area contributed by atoms with E-state index in [1.807, 2.05) is 6.20 Å². The average Bonchev–Trinajstić information content (AvgIpc) is 2.98. The van der Waals surface area contributed by atoms with Gasteiger partial charge in [0.2, 0.25) is 10.0 Å². The molecule has 0 bridgehead atoms. The van der Waals surface area contributed by atoms with Crippen molar-refractivity contribution in [1.29, 1.82) is 0 Å². The van der Waals surface area contributed by atoms with E-state index in [-0.39, 0.29) is 6.04 Å². The van der Waals surface area contributed by atoms with Gasteiger partial charge >= 0.3 is 12.1 Å². The zero-order chi connectivity index (χ0) is 20.9. The third-order valence-corrected chi connectivity index (χ3v) is 5.51. The number of alkyl halides is 3. The number of nitrogens with zero attached hydrogens (tertiary/aromatic N) is 3. The number of carbonyl (C=O) groups is 1. The lowest BCUT2D eigenvalue weighted by molar-refractivity contribution is -0.192. The summed E-state index contributed by atoms with van der Waals surface area (Å²) in [6.45, 7) is 3.57. The number of hydrogen-bond donors (Lipinski definition) is 2. The van der Waals surface area contributed by atoms with Crippen LogP contribution >= 0.6 is 0 Å². The molecule has 0 saturated heterocycles. The number of halogens is 3. The summed E-state index contributed by atoms with van der Waals surface area (Å²) in [5, 5.41) is 11.5. The number of sulfonamides is 1. The fourth-order valence-corrected chi connectivity index (χ4v) is 3.76. The van der Waals surface area contributed by atoms with Crippen molar-refractivity contribution in [3.05, 3.63) is 18.0 Å². The van der Waals surface area contributed by atoms with E-state index in [0.29, 0.717) is 6.54 Å². The van der Waals surface area contributed by atoms with Crippen LogP contribution in [0.25, 0.3) is 0 Å². The fourth-order valence-electron chi connectivity index (χ4n) is 3.27. The Bertz CT molecular complexity index is 762. The molecule has 1 saturated carbocycles. The van der Waals surface area contributed by atoms with Gasteiger partial charge < -0.3 is 5.11 Å². The highest BCUT2D eigenvalue weighted by Crippen LogP contribution is 2.30. The summed E-state index contributed by atoms with van der Waals surface area (Å²) in [6, 6.07) is 2.34. The maximum atomic E-state index is 11.2. The molecule has 1 atom stereocenters. The molecule has 1 unspecified atom stereocenters. The number of hydrogen-bond acceptors (Lipinski definition) is 5. The van der Waals surface area contributed by atoms with Gasteiger partial charge in [0.25, 0.3) is 0 Å². The first-order valence-electron chi connectivity index (χ1n) is 8.95. The van der Waals surface area contributed by atoms with Crippen LogP contribution in [-0.4, -0.2) is 66.2 Å². The molecule has 1 fully saturated rings. The largest absolute Gasteiger partial charge is 0.490 e. The number of aliphatic carboxylic acids is 1. The van der Waals surface area contributed by atoms with Crippen molar-refractivity contribution < 1.29 is 31.5 Å². The summed E-state index contributed by atoms with van der Waals surface area (Å²) in [5.74, 6) is -1.90. The van der Waals surface area contributed by atoms with Gasteiger partial charge in [-0.15, -0.1) is 0 Å². The SMILES string of the molecule is CS(=O)(=O)NCCC1CN(CC2CCC2)Cc2ccnn21.O=C(O)C(F)(F)F. The van der Waals surface area contributed by atoms with Gasteiger partial charge in [0, 0.05) is 32.4 Å². The molecule has 8 nitrogen and oxygen atoms in total. The van der Waals surface area contributed by atoms with Crippen molar-refractivity contribution >= 4 is 16.0 Å². The van der Waals surface area contributed by atoms with E-state index < -0.39 is 22.2 Å². The smallest absolute Gasteiger partial charge is 0.475 e. The minimum absolute atomic E-state index is 0.262. The van der Waals surface area contributed by atoms with Crippen LogP contribution in [0.1, 0.15) is 37.4 Å². The molecule has 160 valence electrons. The predicted molar refractivity (Wildman–Crippen MR) is 95.0 cm³/mol. The van der Waals surface area contributed by atoms with Crippen molar-refractivity contribution in [2.75, 3.05) is 25.9 Å². The zero-order valence-electron chi connectivity index (χ0n) is 15.5. The first kappa shape index (κ1) is 22.6. The number of nitrogens with one attached hydrogen (secondary N) is 1. The number of carboxylic acids is 1. The molecule has 2 aliphatic rings. The monoisotopic (exact) mass is 426 g/mol. The molecular weight excluding hydrogens is 401 g/mol. The van der Waals surface area contributed by atoms with Crippen molar-refractivity contribution in [3.63, 3.8) is 0 Å². The molecule has 12 heteroatoms. The minimum atomic E-state index is -5.08. The highest BCUT2D eigenvalue weighted by molar-refractivity contribution is 7.88. The van der Waals surface area contributed by atoms with Gasteiger partial charge in [-0.05, 0) is 31.2 Å². The van der Waals surface area contributed by atoms with Crippen LogP contribution in [0.4, 0.5) is 13.2 Å². The topological polar surface area (TPSA) is 105 Å². The fraction of sp³-hybridized carbons (Fsp3) is 0.750. The molecule has 1 aromatic rings. The molecule has 0 radical (unpaired) electrons. The molecule has 0 amide bonds. The van der Waals surface area contributed by atoms with Crippen LogP contribution < -0.4 is 4.72 Å². The van der Waals surface area contributed by atoms with E-state index in [0.717, 1.165) is 25.4 Å². The maximum Gasteiger partial charge on any atom is 0.490 e. The second-order valence-corrected chi connectivity index (χ2v) is 9.00. The molecular formula is C16H25F3N4O4S. The van der Waals surface area contributed by atoms with Gasteiger partial charge in [0.15, 0.2) is 0 Å². The van der Waals surface area contributed by atoms with E-state index in [2.05, 4.69) is 25.5 Å². The van der Waals surface area contributed by atoms with E-state index >= 15 is 0 Å². The van der Waals surface area contributed by atoms with Gasteiger partial charge in [0.05, 0.1) is 18.0 Å². The van der Waals surface area contributed by atoms with Crippen molar-refractivity contribution in [2.45, 2.75) is 44.4 Å². The van der Waals surface area contributed by atoms with Crippen molar-refractivity contribution in [3.8, 4) is 0 Å². The Kier molecular flexibility index (Phi) is 7.46. The Morgan fingerprint density at radius 1 is 1.39 bits per heavy atom. The second kappa shape index (κ2) is 9.23. The predicted octanol–water partition coefficient (Wildman–Crippen LogP) is 1.61. The Hall–Kier alpha value is -1.66. The molecule has 3 rings (SSSR count). The zero-order valence-corrected chi connectivity index (χ0v) is 16.3. The van der Waals surface area contributed by atoms with E-state index in [1.165, 1.54) is 37.8 Å². The quantitative estimate of drug-likeness (QED) is 0.716. The Morgan fingerprint density at radius 2 is 2.04 bits per heavy atom. The molecule has 1 aliphatic heterocycles. The summed E-state index contributed by atoms with van der Waals surface area (Å²) in [5.41, 5.74) is 1.24. The minimum Gasteiger partial charge on any atom is -0.475 e. The highest BCUT2D eigenvalue weighted by Gasteiger charge is 2.38. The number of rotatable bonds is 6. The number of carboxylic acid groups (broad SMARTS) is 1. The van der Waals surface area contributed by atoms with Gasteiger partial charge in [-0.2, -0.15) is 18.3 Å². The molecule has 1 aliphatic carbocycles. The van der Waals surface area contributed by atoms with E-state index in [9.17, 15) is 21.6 Å². The lowest BCUT2D eigenvalue weighted by Crippen LogP contribution is -2.42. The molecule has 2 heterocycles. The summed E-state index contributed by atoms with van der Waals surface area (Å²) >= 11 is 0. The van der Waals surface area contributed by atoms with Gasteiger partial charge in [-0.3, -0.25) is 9.58 Å². The molecule has 28 heavy (non-hydrogen) atoms. The van der Waals surface area contributed by atoms with Crippen LogP contribution in [0.2, 0.25) is 0 Å². The standard InChI is InChI=1S/C14H24N4O2S.C2HF3O2/c1-21(19,20)16-8-6-14-11-17(9-12-3-2-4-12)10-13-5-7-15-18(13)14;3-2(4,5)1(6)7/h5,7,12,14,16H,2-4,6,8-11H2,1H3;(H,6,7). The van der Waals surface area contributed by atoms with Gasteiger partial charge in [-0.1, -0.05) is 6.42 Å². The number of aromatic nitrogens is 2. The van der Waals surface area contributed by atoms with Crippen molar-refractivity contribution in [2.24, 2.45) is 5.92 Å². The summed E-state index contributed by atoms with van der Waals surface area (Å²) < 4.78 is 58.8. The summed E-state index contributed by atoms with van der Waals surface area (Å²) in [6.07, 6.45) is 2.84. The average molecular weight is 426 g/mol. The molecule has 0 spiro atoms. The molecule has 0 aromatic carbocycles. The second-order valence-electron chi connectivity index (χ2n) is 7.17. The van der Waals surface area contributed by atoms with Crippen LogP contribution in [0.15, 0.2) is 12.3 Å². The van der Waals surface area contributed by atoms with Gasteiger partial charge in [0.1, 0.15) is 0 Å². The third-order valence-electron chi connectivity index (χ3n) is 4.78. The van der Waals surface area contributed by atoms with Crippen LogP contribution in [0, 0.1) is 5.92 Å². The third kappa shape index (κ3) is 7.06. The first-order valence-corrected chi connectivity index (χ1v) is 10.8. The van der Waals surface area contributed by atoms with E-state index in [1.54, 1.807) is 0 Å². The summed E-state index contributed by atoms with van der Waals surface area (Å²) in [4.78, 5) is 11.4. The Morgan fingerprint density at radius 3 is 2.54 bits per heavy atom. The number of fused-ring (bicyclic) bond motifs is 1. The Balaban J connectivity index is 0.000000345. The van der Waals surface area contributed by atoms with Crippen LogP contribution in [-0.2, 0) is 21.4 Å². The molecule has 1 aromatic heterocycles. The van der Waals surface area contributed by atoms with Crippen molar-refractivity contribution in [1.82, 2.24) is 19.4 Å². The molecule has 2 N–H and O–H groups in total. The lowest BCUT2D eigenvalue weighted by Gasteiger charge is -2.38. The summed E-state index contributed by atoms with van der Waals surface area (Å²) in [7, 11) is -3.11.